The average Bonchev–Trinajstić information content (AvgIpc) is 3.23. The molecule has 0 aliphatic carbocycles. The Kier molecular flexibility index (Phi) is 9.04. The fourth-order valence-electron chi connectivity index (χ4n) is 3.47. The lowest BCUT2D eigenvalue weighted by Gasteiger charge is -2.34. The van der Waals surface area contributed by atoms with Crippen LogP contribution < -0.4 is 10.6 Å². The van der Waals surface area contributed by atoms with Crippen molar-refractivity contribution >= 4 is 17.3 Å². The van der Waals surface area contributed by atoms with Gasteiger partial charge in [-0.3, -0.25) is 9.89 Å². The van der Waals surface area contributed by atoms with Crippen molar-refractivity contribution in [1.29, 1.82) is 0 Å². The highest BCUT2D eigenvalue weighted by molar-refractivity contribution is 7.11. The Hall–Kier alpha value is -2.03. The molecule has 1 unspecified atom stereocenters. The molecule has 1 aliphatic heterocycles. The van der Waals surface area contributed by atoms with Crippen molar-refractivity contribution in [2.24, 2.45) is 4.99 Å². The van der Waals surface area contributed by atoms with Crippen LogP contribution in [0, 0.1) is 5.82 Å². The smallest absolute Gasteiger partial charge is 0.191 e. The number of aliphatic imine (C=N–C) groups is 1. The number of guanidine groups is 1. The van der Waals surface area contributed by atoms with Crippen molar-refractivity contribution in [3.8, 4) is 0 Å². The number of aromatic nitrogens is 1. The summed E-state index contributed by atoms with van der Waals surface area (Å²) in [4.78, 5) is 12.9. The zero-order valence-corrected chi connectivity index (χ0v) is 18.7. The third-order valence-electron chi connectivity index (χ3n) is 5.07. The average molecular weight is 434 g/mol. The predicted molar refractivity (Wildman–Crippen MR) is 121 cm³/mol. The number of rotatable bonds is 9. The van der Waals surface area contributed by atoms with Crippen LogP contribution in [-0.4, -0.2) is 61.8 Å². The molecule has 0 amide bonds. The second-order valence-corrected chi connectivity index (χ2v) is 8.39. The Morgan fingerprint density at radius 3 is 2.83 bits per heavy atom. The number of thiazole rings is 1. The highest BCUT2D eigenvalue weighted by Gasteiger charge is 2.23. The van der Waals surface area contributed by atoms with Gasteiger partial charge in [0.05, 0.1) is 30.8 Å². The van der Waals surface area contributed by atoms with E-state index in [2.05, 4.69) is 34.4 Å². The lowest BCUT2D eigenvalue weighted by molar-refractivity contribution is 0.0179. The highest BCUT2D eigenvalue weighted by atomic mass is 32.1. The van der Waals surface area contributed by atoms with Gasteiger partial charge in [-0.2, -0.15) is 0 Å². The monoisotopic (exact) mass is 433 g/mol. The van der Waals surface area contributed by atoms with E-state index in [4.69, 9.17) is 9.73 Å². The molecule has 6 nitrogen and oxygen atoms in total. The molecule has 0 radical (unpaired) electrons. The van der Waals surface area contributed by atoms with E-state index in [-0.39, 0.29) is 11.9 Å². The number of hydrogen-bond donors (Lipinski definition) is 2. The van der Waals surface area contributed by atoms with Crippen molar-refractivity contribution in [1.82, 2.24) is 20.5 Å². The van der Waals surface area contributed by atoms with Gasteiger partial charge in [-0.1, -0.05) is 19.1 Å². The van der Waals surface area contributed by atoms with Crippen LogP contribution in [-0.2, 0) is 17.6 Å². The van der Waals surface area contributed by atoms with E-state index in [0.717, 1.165) is 55.6 Å². The van der Waals surface area contributed by atoms with E-state index in [0.29, 0.717) is 19.8 Å². The van der Waals surface area contributed by atoms with Crippen LogP contribution in [0.25, 0.3) is 0 Å². The number of morpholine rings is 1. The van der Waals surface area contributed by atoms with Gasteiger partial charge < -0.3 is 15.4 Å². The maximum Gasteiger partial charge on any atom is 0.191 e. The molecular weight excluding hydrogens is 401 g/mol. The topological polar surface area (TPSA) is 61.8 Å². The van der Waals surface area contributed by atoms with E-state index >= 15 is 0 Å². The summed E-state index contributed by atoms with van der Waals surface area (Å²) >= 11 is 1.77. The number of hydrogen-bond acceptors (Lipinski definition) is 5. The number of nitrogens with one attached hydrogen (secondary N) is 2. The van der Waals surface area contributed by atoms with E-state index < -0.39 is 0 Å². The minimum Gasteiger partial charge on any atom is -0.379 e. The SMILES string of the molecule is CCNC(=NCC(c1cccc(F)c1)N1CCOCC1)NCCc1ncc(CC)s1. The van der Waals surface area contributed by atoms with E-state index in [1.807, 2.05) is 12.3 Å². The van der Waals surface area contributed by atoms with Crippen LogP contribution in [0.3, 0.4) is 0 Å². The van der Waals surface area contributed by atoms with Crippen LogP contribution in [0.15, 0.2) is 35.5 Å². The molecule has 0 spiro atoms. The molecule has 0 saturated carbocycles. The minimum atomic E-state index is -0.213. The molecule has 0 bridgehead atoms. The zero-order chi connectivity index (χ0) is 21.2. The Bertz CT molecular complexity index is 806. The second-order valence-electron chi connectivity index (χ2n) is 7.19. The third-order valence-corrected chi connectivity index (χ3v) is 6.27. The zero-order valence-electron chi connectivity index (χ0n) is 17.9. The van der Waals surface area contributed by atoms with Gasteiger partial charge in [-0.05, 0) is 31.0 Å². The Labute approximate surface area is 182 Å². The summed E-state index contributed by atoms with van der Waals surface area (Å²) in [5.74, 6) is 0.564. The molecule has 1 fully saturated rings. The summed E-state index contributed by atoms with van der Waals surface area (Å²) in [7, 11) is 0. The normalized spacial score (nSPS) is 16.4. The molecule has 164 valence electrons. The first-order valence-corrected chi connectivity index (χ1v) is 11.5. The van der Waals surface area contributed by atoms with Gasteiger partial charge in [0.25, 0.3) is 0 Å². The van der Waals surface area contributed by atoms with Crippen molar-refractivity contribution in [2.75, 3.05) is 45.9 Å². The van der Waals surface area contributed by atoms with Gasteiger partial charge in [-0.15, -0.1) is 11.3 Å². The van der Waals surface area contributed by atoms with Gasteiger partial charge in [-0.25, -0.2) is 9.37 Å². The third kappa shape index (κ3) is 6.75. The number of halogens is 1. The van der Waals surface area contributed by atoms with Gasteiger partial charge in [0.1, 0.15) is 5.82 Å². The molecule has 2 heterocycles. The molecule has 3 rings (SSSR count). The van der Waals surface area contributed by atoms with Gasteiger partial charge in [0.15, 0.2) is 5.96 Å². The van der Waals surface area contributed by atoms with Crippen LogP contribution in [0.1, 0.15) is 35.3 Å². The van der Waals surface area contributed by atoms with Gasteiger partial charge in [0.2, 0.25) is 0 Å². The Balaban J connectivity index is 1.65. The Morgan fingerprint density at radius 2 is 2.13 bits per heavy atom. The van der Waals surface area contributed by atoms with E-state index in [9.17, 15) is 4.39 Å². The van der Waals surface area contributed by atoms with Crippen molar-refractivity contribution in [3.05, 3.63) is 51.7 Å². The molecule has 8 heteroatoms. The lowest BCUT2D eigenvalue weighted by Crippen LogP contribution is -2.42. The van der Waals surface area contributed by atoms with Crippen LogP contribution in [0.2, 0.25) is 0 Å². The van der Waals surface area contributed by atoms with E-state index in [1.54, 1.807) is 23.5 Å². The van der Waals surface area contributed by atoms with Gasteiger partial charge in [0, 0.05) is 43.7 Å². The molecule has 2 aromatic rings. The minimum absolute atomic E-state index is 0.0196. The molecular formula is C22H32FN5OS. The van der Waals surface area contributed by atoms with Crippen LogP contribution >= 0.6 is 11.3 Å². The largest absolute Gasteiger partial charge is 0.379 e. The summed E-state index contributed by atoms with van der Waals surface area (Å²) in [5, 5.41) is 7.86. The van der Waals surface area contributed by atoms with E-state index in [1.165, 1.54) is 10.9 Å². The fourth-order valence-corrected chi connectivity index (χ4v) is 4.33. The first-order valence-electron chi connectivity index (χ1n) is 10.7. The summed E-state index contributed by atoms with van der Waals surface area (Å²) in [6.07, 6.45) is 3.86. The van der Waals surface area contributed by atoms with Gasteiger partial charge >= 0.3 is 0 Å². The predicted octanol–water partition coefficient (Wildman–Crippen LogP) is 3.02. The standard InChI is InChI=1S/C22H32FN5OS/c1-3-19-15-26-21(30-19)8-9-25-22(24-4-2)27-16-20(28-10-12-29-13-11-28)17-6-5-7-18(23)14-17/h5-7,14-15,20H,3-4,8-13,16H2,1-2H3,(H2,24,25,27). The summed E-state index contributed by atoms with van der Waals surface area (Å²) in [6, 6.07) is 6.86. The van der Waals surface area contributed by atoms with Crippen LogP contribution in [0.5, 0.6) is 0 Å². The molecule has 1 atom stereocenters. The molecule has 1 aromatic carbocycles. The first-order chi connectivity index (χ1) is 14.7. The molecule has 2 N–H and O–H groups in total. The van der Waals surface area contributed by atoms with Crippen LogP contribution in [0.4, 0.5) is 4.39 Å². The lowest BCUT2D eigenvalue weighted by atomic mass is 10.0. The fraction of sp³-hybridized carbons (Fsp3) is 0.545. The summed E-state index contributed by atoms with van der Waals surface area (Å²) in [6.45, 7) is 9.34. The molecule has 1 saturated heterocycles. The molecule has 1 aliphatic rings. The first kappa shape index (κ1) is 22.7. The summed E-state index contributed by atoms with van der Waals surface area (Å²) < 4.78 is 19.4. The number of ether oxygens (including phenoxy) is 1. The number of aryl methyl sites for hydroxylation is 1. The second kappa shape index (κ2) is 12.0. The summed E-state index contributed by atoms with van der Waals surface area (Å²) in [5.41, 5.74) is 0.950. The highest BCUT2D eigenvalue weighted by Crippen LogP contribution is 2.23. The Morgan fingerprint density at radius 1 is 1.30 bits per heavy atom. The maximum absolute atomic E-state index is 13.9. The number of benzene rings is 1. The maximum atomic E-state index is 13.9. The van der Waals surface area contributed by atoms with Crippen molar-refractivity contribution in [3.63, 3.8) is 0 Å². The quantitative estimate of drug-likeness (QED) is 0.470. The van der Waals surface area contributed by atoms with Crippen molar-refractivity contribution < 1.29 is 9.13 Å². The molecule has 30 heavy (non-hydrogen) atoms. The number of nitrogens with zero attached hydrogens (tertiary/aromatic N) is 3. The van der Waals surface area contributed by atoms with Crippen molar-refractivity contribution in [2.45, 2.75) is 32.7 Å². The molecule has 1 aromatic heterocycles.